The summed E-state index contributed by atoms with van der Waals surface area (Å²) in [5.74, 6) is -1.14. The van der Waals surface area contributed by atoms with E-state index in [0.717, 1.165) is 0 Å². The highest BCUT2D eigenvalue weighted by molar-refractivity contribution is 6.31. The number of hydrogen-bond acceptors (Lipinski definition) is 5. The molecular weight excluding hydrogens is 359 g/mol. The molecule has 0 unspecified atom stereocenters. The predicted molar refractivity (Wildman–Crippen MR) is 83.6 cm³/mol. The van der Waals surface area contributed by atoms with Crippen LogP contribution in [0.2, 0.25) is 5.02 Å². The first-order valence-electron chi connectivity index (χ1n) is 7.30. The Bertz CT molecular complexity index is 761. The highest BCUT2D eigenvalue weighted by atomic mass is 35.5. The zero-order valence-corrected chi connectivity index (χ0v) is 13.5. The average molecular weight is 373 g/mol. The van der Waals surface area contributed by atoms with Crippen molar-refractivity contribution in [1.29, 1.82) is 0 Å². The average Bonchev–Trinajstić information content (AvgIpc) is 2.94. The molecule has 1 spiro atoms. The molecule has 11 heteroatoms. The summed E-state index contributed by atoms with van der Waals surface area (Å²) >= 11 is 5.84. The Morgan fingerprint density at radius 3 is 2.96 bits per heavy atom. The van der Waals surface area contributed by atoms with E-state index in [1.165, 1.54) is 17.0 Å². The molecule has 9 nitrogen and oxygen atoms in total. The fraction of sp³-hybridized carbons (Fsp3) is 0.357. The molecule has 3 amide bonds. The van der Waals surface area contributed by atoms with Gasteiger partial charge in [0.25, 0.3) is 0 Å². The van der Waals surface area contributed by atoms with E-state index >= 15 is 0 Å². The maximum Gasteiger partial charge on any atom is 0.419 e. The van der Waals surface area contributed by atoms with E-state index in [9.17, 15) is 18.8 Å². The van der Waals surface area contributed by atoms with Crippen LogP contribution < -0.4 is 16.2 Å². The first-order valence-corrected chi connectivity index (χ1v) is 7.68. The third-order valence-corrected chi connectivity index (χ3v) is 4.39. The fourth-order valence-electron chi connectivity index (χ4n) is 3.05. The van der Waals surface area contributed by atoms with Crippen LogP contribution in [0, 0.1) is 5.82 Å². The molecule has 0 aromatic heterocycles. The van der Waals surface area contributed by atoms with Gasteiger partial charge in [0.05, 0.1) is 29.4 Å². The van der Waals surface area contributed by atoms with Gasteiger partial charge < -0.3 is 14.7 Å². The minimum Gasteiger partial charge on any atom is -0.464 e. The number of benzene rings is 1. The summed E-state index contributed by atoms with van der Waals surface area (Å²) in [5, 5.41) is 10.8. The van der Waals surface area contributed by atoms with Crippen LogP contribution in [0.15, 0.2) is 12.1 Å². The maximum atomic E-state index is 14.6. The van der Waals surface area contributed by atoms with Gasteiger partial charge in [-0.15, -0.1) is 0 Å². The molecule has 2 heterocycles. The second-order valence-electron chi connectivity index (χ2n) is 5.64. The highest BCUT2D eigenvalue weighted by Gasteiger charge is 2.50. The SMILES string of the molecule is O=C(O)NNCC(=O)N1CC[C@@]2(C1)OC(=O)Nc1ccc(Cl)c(F)c12. The number of fused-ring (bicyclic) bond motifs is 2. The van der Waals surface area contributed by atoms with Crippen LogP contribution in [-0.4, -0.2) is 47.7 Å². The zero-order chi connectivity index (χ0) is 18.2. The van der Waals surface area contributed by atoms with Crippen LogP contribution in [0.25, 0.3) is 0 Å². The van der Waals surface area contributed by atoms with Crippen molar-refractivity contribution in [3.63, 3.8) is 0 Å². The summed E-state index contributed by atoms with van der Waals surface area (Å²) in [5.41, 5.74) is 3.12. The largest absolute Gasteiger partial charge is 0.464 e. The zero-order valence-electron chi connectivity index (χ0n) is 12.8. The molecule has 1 aromatic rings. The molecule has 1 fully saturated rings. The van der Waals surface area contributed by atoms with E-state index in [2.05, 4.69) is 10.7 Å². The van der Waals surface area contributed by atoms with Crippen LogP contribution in [0.5, 0.6) is 0 Å². The monoisotopic (exact) mass is 372 g/mol. The van der Waals surface area contributed by atoms with Crippen LogP contribution in [0.3, 0.4) is 0 Å². The number of ether oxygens (including phenoxy) is 1. The number of likely N-dealkylation sites (tertiary alicyclic amines) is 1. The van der Waals surface area contributed by atoms with Crippen molar-refractivity contribution in [3.8, 4) is 0 Å². The van der Waals surface area contributed by atoms with Gasteiger partial charge in [-0.25, -0.2) is 19.4 Å². The molecule has 1 saturated heterocycles. The quantitative estimate of drug-likeness (QED) is 0.592. The van der Waals surface area contributed by atoms with Gasteiger partial charge in [0, 0.05) is 13.0 Å². The molecule has 0 aliphatic carbocycles. The summed E-state index contributed by atoms with van der Waals surface area (Å²) in [6, 6.07) is 2.81. The molecule has 1 aromatic carbocycles. The van der Waals surface area contributed by atoms with Crippen molar-refractivity contribution in [1.82, 2.24) is 15.8 Å². The maximum absolute atomic E-state index is 14.6. The van der Waals surface area contributed by atoms with Gasteiger partial charge >= 0.3 is 12.2 Å². The normalized spacial score (nSPS) is 21.5. The predicted octanol–water partition coefficient (Wildman–Crippen LogP) is 1.24. The van der Waals surface area contributed by atoms with Crippen molar-refractivity contribution in [2.45, 2.75) is 12.0 Å². The number of carboxylic acid groups (broad SMARTS) is 1. The van der Waals surface area contributed by atoms with Crippen molar-refractivity contribution in [2.75, 3.05) is 25.0 Å². The standard InChI is InChI=1S/C14H14ClFN4O5/c15-7-1-2-8-10(11(7)16)14(25-13(24)18-8)3-4-20(6-14)9(21)5-17-19-12(22)23/h1-2,17,19H,3-6H2,(H,18,24)(H,22,23)/t14-/m0/s1. The van der Waals surface area contributed by atoms with Gasteiger partial charge in [0.2, 0.25) is 5.91 Å². The number of amides is 3. The van der Waals surface area contributed by atoms with Crippen LogP contribution in [-0.2, 0) is 15.1 Å². The Hall–Kier alpha value is -2.59. The summed E-state index contributed by atoms with van der Waals surface area (Å²) < 4.78 is 19.9. The first-order chi connectivity index (χ1) is 11.8. The molecule has 0 bridgehead atoms. The lowest BCUT2D eigenvalue weighted by atomic mass is 9.89. The van der Waals surface area contributed by atoms with E-state index in [-0.39, 0.29) is 42.3 Å². The van der Waals surface area contributed by atoms with Crippen LogP contribution >= 0.6 is 11.6 Å². The number of carbonyl (C=O) groups is 3. The van der Waals surface area contributed by atoms with Gasteiger partial charge in [-0.2, -0.15) is 0 Å². The Morgan fingerprint density at radius 1 is 1.48 bits per heavy atom. The number of nitrogens with one attached hydrogen (secondary N) is 3. The molecule has 2 aliphatic heterocycles. The van der Waals surface area contributed by atoms with E-state index in [4.69, 9.17) is 21.4 Å². The summed E-state index contributed by atoms with van der Waals surface area (Å²) in [7, 11) is 0. The summed E-state index contributed by atoms with van der Waals surface area (Å²) in [6.07, 6.45) is -1.87. The third kappa shape index (κ3) is 3.17. The summed E-state index contributed by atoms with van der Waals surface area (Å²) in [4.78, 5) is 35.7. The minimum absolute atomic E-state index is 0.0573. The second-order valence-corrected chi connectivity index (χ2v) is 6.05. The Kier molecular flexibility index (Phi) is 4.39. The molecule has 0 radical (unpaired) electrons. The van der Waals surface area contributed by atoms with Crippen LogP contribution in [0.4, 0.5) is 19.7 Å². The molecule has 4 N–H and O–H groups in total. The van der Waals surface area contributed by atoms with Gasteiger partial charge in [-0.1, -0.05) is 11.6 Å². The van der Waals surface area contributed by atoms with Gasteiger partial charge in [-0.3, -0.25) is 15.5 Å². The molecule has 25 heavy (non-hydrogen) atoms. The number of rotatable bonds is 3. The number of hydrogen-bond donors (Lipinski definition) is 4. The van der Waals surface area contributed by atoms with Crippen molar-refractivity contribution >= 4 is 35.4 Å². The van der Waals surface area contributed by atoms with E-state index in [0.29, 0.717) is 0 Å². The van der Waals surface area contributed by atoms with Crippen LogP contribution in [0.1, 0.15) is 12.0 Å². The smallest absolute Gasteiger partial charge is 0.419 e. The lowest BCUT2D eigenvalue weighted by Crippen LogP contribution is -2.47. The summed E-state index contributed by atoms with van der Waals surface area (Å²) in [6.45, 7) is -0.135. The fourth-order valence-corrected chi connectivity index (χ4v) is 3.21. The number of anilines is 1. The van der Waals surface area contributed by atoms with Gasteiger partial charge in [0.15, 0.2) is 11.4 Å². The Balaban J connectivity index is 1.82. The Morgan fingerprint density at radius 2 is 2.24 bits per heavy atom. The van der Waals surface area contributed by atoms with E-state index in [1.54, 1.807) is 0 Å². The Labute approximate surface area is 146 Å². The van der Waals surface area contributed by atoms with E-state index in [1.807, 2.05) is 5.43 Å². The van der Waals surface area contributed by atoms with Gasteiger partial charge in [0.1, 0.15) is 0 Å². The van der Waals surface area contributed by atoms with Crippen molar-refractivity contribution in [2.24, 2.45) is 0 Å². The lowest BCUT2D eigenvalue weighted by molar-refractivity contribution is -0.130. The second kappa shape index (κ2) is 6.37. The molecule has 3 rings (SSSR count). The topological polar surface area (TPSA) is 120 Å². The number of carbonyl (C=O) groups excluding carboxylic acids is 2. The van der Waals surface area contributed by atoms with Gasteiger partial charge in [-0.05, 0) is 12.1 Å². The lowest BCUT2D eigenvalue weighted by Gasteiger charge is -2.35. The first kappa shape index (κ1) is 17.2. The van der Waals surface area contributed by atoms with Crippen molar-refractivity contribution < 1.29 is 28.6 Å². The number of nitrogens with zero attached hydrogens (tertiary/aromatic N) is 1. The molecular formula is C14H14ClFN4O5. The highest BCUT2D eigenvalue weighted by Crippen LogP contribution is 2.45. The molecule has 0 saturated carbocycles. The molecule has 134 valence electrons. The number of halogens is 2. The van der Waals surface area contributed by atoms with Crippen molar-refractivity contribution in [3.05, 3.63) is 28.5 Å². The molecule has 1 atom stereocenters. The minimum atomic E-state index is -1.33. The van der Waals surface area contributed by atoms with E-state index < -0.39 is 29.5 Å². The number of hydrazine groups is 1. The third-order valence-electron chi connectivity index (χ3n) is 4.09. The molecule has 2 aliphatic rings.